The Hall–Kier alpha value is -2.73. The Bertz CT molecular complexity index is 919. The molecule has 1 aliphatic rings. The van der Waals surface area contributed by atoms with Crippen LogP contribution in [0.5, 0.6) is 0 Å². The first kappa shape index (κ1) is 19.6. The summed E-state index contributed by atoms with van der Waals surface area (Å²) < 4.78 is 13.3. The lowest BCUT2D eigenvalue weighted by molar-refractivity contribution is 0.0913. The molecule has 1 aliphatic heterocycles. The van der Waals surface area contributed by atoms with E-state index in [1.807, 2.05) is 44.2 Å². The van der Waals surface area contributed by atoms with Crippen molar-refractivity contribution >= 4 is 5.91 Å². The summed E-state index contributed by atoms with van der Waals surface area (Å²) in [6.07, 6.45) is 7.04. The zero-order chi connectivity index (χ0) is 20.2. The van der Waals surface area contributed by atoms with Gasteiger partial charge in [-0.3, -0.25) is 9.69 Å². The quantitative estimate of drug-likeness (QED) is 0.648. The number of aromatic nitrogens is 1. The fourth-order valence-electron chi connectivity index (χ4n) is 4.24. The smallest absolute Gasteiger partial charge is 0.253 e. The van der Waals surface area contributed by atoms with Gasteiger partial charge in [-0.1, -0.05) is 6.42 Å². The summed E-state index contributed by atoms with van der Waals surface area (Å²) >= 11 is 0. The average Bonchev–Trinajstić information content (AvgIpc) is 3.48. The summed E-state index contributed by atoms with van der Waals surface area (Å²) in [4.78, 5) is 15.4. The molecule has 1 saturated heterocycles. The van der Waals surface area contributed by atoms with E-state index in [1.54, 1.807) is 12.5 Å². The lowest BCUT2D eigenvalue weighted by Gasteiger charge is -2.33. The van der Waals surface area contributed by atoms with Crippen molar-refractivity contribution in [1.82, 2.24) is 14.8 Å². The van der Waals surface area contributed by atoms with Crippen molar-refractivity contribution in [3.63, 3.8) is 0 Å². The van der Waals surface area contributed by atoms with Gasteiger partial charge < -0.3 is 18.7 Å². The number of furan rings is 2. The molecule has 3 aromatic rings. The number of aryl methyl sites for hydroxylation is 1. The minimum Gasteiger partial charge on any atom is -0.468 e. The molecular weight excluding hydrogens is 366 g/mol. The van der Waals surface area contributed by atoms with Crippen LogP contribution in [0.1, 0.15) is 58.6 Å². The van der Waals surface area contributed by atoms with E-state index >= 15 is 0 Å². The van der Waals surface area contributed by atoms with E-state index in [1.165, 1.54) is 19.3 Å². The molecule has 154 valence electrons. The third-order valence-corrected chi connectivity index (χ3v) is 5.87. The van der Waals surface area contributed by atoms with Gasteiger partial charge in [-0.15, -0.1) is 0 Å². The molecule has 4 rings (SSSR count). The first-order chi connectivity index (χ1) is 14.1. The summed E-state index contributed by atoms with van der Waals surface area (Å²) in [5, 5.41) is 3.15. The lowest BCUT2D eigenvalue weighted by Crippen LogP contribution is -2.40. The fourth-order valence-corrected chi connectivity index (χ4v) is 4.24. The van der Waals surface area contributed by atoms with E-state index in [9.17, 15) is 4.79 Å². The fraction of sp³-hybridized carbons (Fsp3) is 0.435. The predicted molar refractivity (Wildman–Crippen MR) is 111 cm³/mol. The molecule has 0 aliphatic carbocycles. The number of piperidine rings is 1. The number of hydrogen-bond acceptors (Lipinski definition) is 4. The Kier molecular flexibility index (Phi) is 5.90. The SMILES string of the molecule is Cc1cc(C(=O)NC[C@H](c2ccco2)N2CCCCC2)c(C)n1Cc1ccco1. The van der Waals surface area contributed by atoms with Crippen molar-refractivity contribution in [3.8, 4) is 0 Å². The molecular formula is C23H29N3O3. The van der Waals surface area contributed by atoms with Crippen molar-refractivity contribution in [2.45, 2.75) is 45.7 Å². The molecule has 0 saturated carbocycles. The molecule has 6 nitrogen and oxygen atoms in total. The van der Waals surface area contributed by atoms with Gasteiger partial charge in [0.25, 0.3) is 5.91 Å². The zero-order valence-corrected chi connectivity index (χ0v) is 17.2. The summed E-state index contributed by atoms with van der Waals surface area (Å²) in [6, 6.07) is 9.77. The van der Waals surface area contributed by atoms with Gasteiger partial charge in [0, 0.05) is 17.9 Å². The minimum atomic E-state index is -0.0441. The van der Waals surface area contributed by atoms with Crippen LogP contribution in [0.15, 0.2) is 51.7 Å². The molecule has 1 atom stereocenters. The van der Waals surface area contributed by atoms with Gasteiger partial charge in [-0.05, 0) is 70.1 Å². The highest BCUT2D eigenvalue weighted by Crippen LogP contribution is 2.25. The van der Waals surface area contributed by atoms with Crippen molar-refractivity contribution in [2.24, 2.45) is 0 Å². The van der Waals surface area contributed by atoms with E-state index in [4.69, 9.17) is 8.83 Å². The maximum absolute atomic E-state index is 13.0. The number of likely N-dealkylation sites (tertiary alicyclic amines) is 1. The van der Waals surface area contributed by atoms with Gasteiger partial charge in [-0.2, -0.15) is 0 Å². The predicted octanol–water partition coefficient (Wildman–Crippen LogP) is 4.30. The minimum absolute atomic E-state index is 0.0441. The van der Waals surface area contributed by atoms with Crippen LogP contribution >= 0.6 is 0 Å². The summed E-state index contributed by atoms with van der Waals surface area (Å²) in [6.45, 7) is 7.25. The molecule has 1 fully saturated rings. The highest BCUT2D eigenvalue weighted by Gasteiger charge is 2.26. The zero-order valence-electron chi connectivity index (χ0n) is 17.2. The molecule has 0 aromatic carbocycles. The van der Waals surface area contributed by atoms with Gasteiger partial charge in [0.05, 0.1) is 30.7 Å². The van der Waals surface area contributed by atoms with Crippen LogP contribution in [0.25, 0.3) is 0 Å². The number of nitrogens with one attached hydrogen (secondary N) is 1. The van der Waals surface area contributed by atoms with Crippen molar-refractivity contribution < 1.29 is 13.6 Å². The Morgan fingerprint density at radius 3 is 2.55 bits per heavy atom. The van der Waals surface area contributed by atoms with Crippen LogP contribution < -0.4 is 5.32 Å². The van der Waals surface area contributed by atoms with Crippen LogP contribution in [0.2, 0.25) is 0 Å². The van der Waals surface area contributed by atoms with Gasteiger partial charge in [-0.25, -0.2) is 0 Å². The molecule has 3 aromatic heterocycles. The number of rotatable bonds is 7. The highest BCUT2D eigenvalue weighted by atomic mass is 16.3. The normalized spacial score (nSPS) is 16.1. The molecule has 6 heteroatoms. The van der Waals surface area contributed by atoms with E-state index in [-0.39, 0.29) is 11.9 Å². The maximum atomic E-state index is 13.0. The molecule has 0 spiro atoms. The molecule has 29 heavy (non-hydrogen) atoms. The second-order valence-corrected chi connectivity index (χ2v) is 7.79. The first-order valence-corrected chi connectivity index (χ1v) is 10.4. The number of carbonyl (C=O) groups excluding carboxylic acids is 1. The Balaban J connectivity index is 1.47. The van der Waals surface area contributed by atoms with Gasteiger partial charge in [0.15, 0.2) is 0 Å². The molecule has 0 radical (unpaired) electrons. The van der Waals surface area contributed by atoms with Gasteiger partial charge in [0.2, 0.25) is 0 Å². The van der Waals surface area contributed by atoms with E-state index in [2.05, 4.69) is 14.8 Å². The summed E-state index contributed by atoms with van der Waals surface area (Å²) in [7, 11) is 0. The number of carbonyl (C=O) groups is 1. The Morgan fingerprint density at radius 1 is 1.10 bits per heavy atom. The Labute approximate surface area is 171 Å². The third-order valence-electron chi connectivity index (χ3n) is 5.87. The average molecular weight is 396 g/mol. The number of nitrogens with zero attached hydrogens (tertiary/aromatic N) is 2. The van der Waals surface area contributed by atoms with Crippen LogP contribution in [0, 0.1) is 13.8 Å². The van der Waals surface area contributed by atoms with Crippen LogP contribution in [-0.2, 0) is 6.54 Å². The monoisotopic (exact) mass is 395 g/mol. The standard InChI is InChI=1S/C23H29N3O3/c1-17-14-20(18(2)26(17)16-19-8-6-12-28-19)23(27)24-15-21(22-9-7-13-29-22)25-10-4-3-5-11-25/h6-9,12-14,21H,3-5,10-11,15-16H2,1-2H3,(H,24,27)/t21-/m1/s1. The van der Waals surface area contributed by atoms with E-state index in [0.29, 0.717) is 18.7 Å². The van der Waals surface area contributed by atoms with Crippen LogP contribution in [-0.4, -0.2) is 35.0 Å². The van der Waals surface area contributed by atoms with E-state index < -0.39 is 0 Å². The third kappa shape index (κ3) is 4.32. The summed E-state index contributed by atoms with van der Waals surface area (Å²) in [5.41, 5.74) is 2.71. The number of hydrogen-bond donors (Lipinski definition) is 1. The van der Waals surface area contributed by atoms with Crippen molar-refractivity contribution in [2.75, 3.05) is 19.6 Å². The van der Waals surface area contributed by atoms with E-state index in [0.717, 1.165) is 36.0 Å². The number of amides is 1. The Morgan fingerprint density at radius 2 is 1.86 bits per heavy atom. The molecule has 1 amide bonds. The molecule has 0 unspecified atom stereocenters. The van der Waals surface area contributed by atoms with Gasteiger partial charge >= 0.3 is 0 Å². The topological polar surface area (TPSA) is 63.6 Å². The lowest BCUT2D eigenvalue weighted by atomic mass is 10.1. The van der Waals surface area contributed by atoms with Gasteiger partial charge in [0.1, 0.15) is 11.5 Å². The van der Waals surface area contributed by atoms with Crippen molar-refractivity contribution in [1.29, 1.82) is 0 Å². The largest absolute Gasteiger partial charge is 0.468 e. The second-order valence-electron chi connectivity index (χ2n) is 7.79. The van der Waals surface area contributed by atoms with Crippen molar-refractivity contribution in [3.05, 3.63) is 71.3 Å². The second kappa shape index (κ2) is 8.74. The highest BCUT2D eigenvalue weighted by molar-refractivity contribution is 5.95. The van der Waals surface area contributed by atoms with Crippen LogP contribution in [0.3, 0.4) is 0 Å². The summed E-state index contributed by atoms with van der Waals surface area (Å²) in [5.74, 6) is 1.74. The molecule has 0 bridgehead atoms. The molecule has 1 N–H and O–H groups in total. The maximum Gasteiger partial charge on any atom is 0.253 e. The van der Waals surface area contributed by atoms with Crippen LogP contribution in [0.4, 0.5) is 0 Å². The molecule has 4 heterocycles. The first-order valence-electron chi connectivity index (χ1n) is 10.4.